The maximum absolute atomic E-state index is 12.6. The highest BCUT2D eigenvalue weighted by Crippen LogP contribution is 2.29. The summed E-state index contributed by atoms with van der Waals surface area (Å²) in [5, 5.41) is 70.0. The SMILES string of the molecule is O=C(C=Cc1cc(O)ccc1O)OCC1OC(Oc2ccc(O)cc2)C(OC(=O)C=Cc2cc(O)ccc2O)C(O)C1O. The zero-order valence-corrected chi connectivity index (χ0v) is 22.3. The molecule has 0 saturated carbocycles. The van der Waals surface area contributed by atoms with Gasteiger partial charge in [0.2, 0.25) is 6.29 Å². The summed E-state index contributed by atoms with van der Waals surface area (Å²) in [6.45, 7) is -0.569. The predicted molar refractivity (Wildman–Crippen MR) is 148 cm³/mol. The molecule has 5 unspecified atom stereocenters. The van der Waals surface area contributed by atoms with Gasteiger partial charge in [0, 0.05) is 23.3 Å². The third-order valence-corrected chi connectivity index (χ3v) is 6.20. The Hall–Kier alpha value is -5.24. The van der Waals surface area contributed by atoms with Crippen LogP contribution in [0.4, 0.5) is 0 Å². The normalized spacial score (nSPS) is 22.0. The average molecular weight is 597 g/mol. The monoisotopic (exact) mass is 596 g/mol. The first-order valence-corrected chi connectivity index (χ1v) is 12.7. The summed E-state index contributed by atoms with van der Waals surface area (Å²) in [7, 11) is 0. The molecule has 3 aromatic carbocycles. The number of carbonyl (C=O) groups excluding carboxylic acids is 2. The van der Waals surface area contributed by atoms with Crippen LogP contribution in [0, 0.1) is 0 Å². The van der Waals surface area contributed by atoms with Gasteiger partial charge in [0.1, 0.15) is 59.4 Å². The van der Waals surface area contributed by atoms with E-state index in [9.17, 15) is 45.3 Å². The number of aromatic hydroxyl groups is 5. The number of carbonyl (C=O) groups is 2. The maximum atomic E-state index is 12.6. The number of ether oxygens (including phenoxy) is 4. The number of benzene rings is 3. The maximum Gasteiger partial charge on any atom is 0.331 e. The van der Waals surface area contributed by atoms with Gasteiger partial charge in [-0.15, -0.1) is 0 Å². The van der Waals surface area contributed by atoms with Crippen LogP contribution in [-0.4, -0.2) is 85.0 Å². The van der Waals surface area contributed by atoms with E-state index in [0.717, 1.165) is 18.2 Å². The molecule has 1 aliphatic heterocycles. The van der Waals surface area contributed by atoms with Gasteiger partial charge in [-0.1, -0.05) is 0 Å². The minimum Gasteiger partial charge on any atom is -0.508 e. The molecule has 7 N–H and O–H groups in total. The van der Waals surface area contributed by atoms with E-state index in [0.29, 0.717) is 0 Å². The molecule has 1 saturated heterocycles. The molecular formula is C30H28O13. The lowest BCUT2D eigenvalue weighted by Gasteiger charge is -2.41. The van der Waals surface area contributed by atoms with Crippen LogP contribution >= 0.6 is 0 Å². The first-order chi connectivity index (χ1) is 20.5. The molecule has 0 amide bonds. The molecule has 1 heterocycles. The van der Waals surface area contributed by atoms with Gasteiger partial charge in [0.15, 0.2) is 6.10 Å². The van der Waals surface area contributed by atoms with Crippen LogP contribution in [0.25, 0.3) is 12.2 Å². The van der Waals surface area contributed by atoms with Crippen molar-refractivity contribution in [3.63, 3.8) is 0 Å². The third kappa shape index (κ3) is 8.16. The first-order valence-electron chi connectivity index (χ1n) is 12.7. The van der Waals surface area contributed by atoms with Crippen LogP contribution in [-0.2, 0) is 23.8 Å². The van der Waals surface area contributed by atoms with Crippen molar-refractivity contribution in [1.29, 1.82) is 0 Å². The van der Waals surface area contributed by atoms with Crippen LogP contribution in [0.1, 0.15) is 11.1 Å². The molecule has 226 valence electrons. The standard InChI is InChI=1S/C30H28O13/c31-18-3-7-21(8-4-18)41-30-29(43-26(37)12-2-17-14-20(33)6-10-23(17)35)28(39)27(38)24(42-30)15-40-25(36)11-1-16-13-19(32)5-9-22(16)34/h1-14,24,27-35,38-39H,15H2. The second kappa shape index (κ2) is 13.6. The average Bonchev–Trinajstić information content (AvgIpc) is 2.98. The minimum absolute atomic E-state index is 0.0624. The molecule has 0 bridgehead atoms. The fraction of sp³-hybridized carbons (Fsp3) is 0.200. The number of phenols is 5. The largest absolute Gasteiger partial charge is 0.508 e. The zero-order chi connectivity index (χ0) is 31.1. The van der Waals surface area contributed by atoms with Crippen LogP contribution in [0.15, 0.2) is 72.8 Å². The quantitative estimate of drug-likeness (QED) is 0.107. The van der Waals surface area contributed by atoms with Crippen molar-refractivity contribution in [2.24, 2.45) is 0 Å². The Kier molecular flexibility index (Phi) is 9.72. The molecule has 13 nitrogen and oxygen atoms in total. The van der Waals surface area contributed by atoms with Crippen molar-refractivity contribution in [2.75, 3.05) is 6.61 Å². The van der Waals surface area contributed by atoms with E-state index in [2.05, 4.69) is 0 Å². The molecule has 5 atom stereocenters. The van der Waals surface area contributed by atoms with Crippen LogP contribution < -0.4 is 4.74 Å². The molecule has 43 heavy (non-hydrogen) atoms. The molecular weight excluding hydrogens is 568 g/mol. The van der Waals surface area contributed by atoms with E-state index in [1.54, 1.807) is 0 Å². The lowest BCUT2D eigenvalue weighted by Crippen LogP contribution is -2.61. The van der Waals surface area contributed by atoms with Crippen LogP contribution in [0.3, 0.4) is 0 Å². The van der Waals surface area contributed by atoms with Gasteiger partial charge in [-0.05, 0) is 72.8 Å². The van der Waals surface area contributed by atoms with E-state index in [1.807, 2.05) is 0 Å². The Balaban J connectivity index is 1.46. The highest BCUT2D eigenvalue weighted by atomic mass is 16.7. The molecule has 13 heteroatoms. The molecule has 1 fully saturated rings. The fourth-order valence-corrected chi connectivity index (χ4v) is 3.97. The number of hydrogen-bond donors (Lipinski definition) is 7. The van der Waals surface area contributed by atoms with Crippen molar-refractivity contribution in [3.05, 3.63) is 83.9 Å². The summed E-state index contributed by atoms with van der Waals surface area (Å²) in [4.78, 5) is 24.9. The van der Waals surface area contributed by atoms with Gasteiger partial charge in [-0.2, -0.15) is 0 Å². The lowest BCUT2D eigenvalue weighted by atomic mass is 9.99. The second-order valence-corrected chi connectivity index (χ2v) is 9.32. The third-order valence-electron chi connectivity index (χ3n) is 6.20. The topological polar surface area (TPSA) is 213 Å². The van der Waals surface area contributed by atoms with Crippen LogP contribution in [0.2, 0.25) is 0 Å². The van der Waals surface area contributed by atoms with Gasteiger partial charge in [-0.3, -0.25) is 0 Å². The molecule has 1 aliphatic rings. The van der Waals surface area contributed by atoms with E-state index in [-0.39, 0.29) is 45.6 Å². The van der Waals surface area contributed by atoms with Crippen LogP contribution in [0.5, 0.6) is 34.5 Å². The Morgan fingerprint density at radius 1 is 0.721 bits per heavy atom. The predicted octanol–water partition coefficient (Wildman–Crippen LogP) is 1.92. The highest BCUT2D eigenvalue weighted by molar-refractivity contribution is 5.88. The van der Waals surface area contributed by atoms with Crippen molar-refractivity contribution in [1.82, 2.24) is 0 Å². The number of aliphatic hydroxyl groups excluding tert-OH is 2. The van der Waals surface area contributed by atoms with Gasteiger partial charge in [0.25, 0.3) is 0 Å². The number of rotatable bonds is 9. The van der Waals surface area contributed by atoms with Crippen molar-refractivity contribution >= 4 is 24.1 Å². The molecule has 0 aliphatic carbocycles. The molecule has 0 aromatic heterocycles. The number of esters is 2. The van der Waals surface area contributed by atoms with Crippen molar-refractivity contribution in [2.45, 2.75) is 30.7 Å². The summed E-state index contributed by atoms with van der Waals surface area (Å²) in [6.07, 6.45) is -3.75. The molecule has 4 rings (SSSR count). The van der Waals surface area contributed by atoms with E-state index >= 15 is 0 Å². The lowest BCUT2D eigenvalue weighted by molar-refractivity contribution is -0.281. The highest BCUT2D eigenvalue weighted by Gasteiger charge is 2.48. The number of hydrogen-bond acceptors (Lipinski definition) is 13. The fourth-order valence-electron chi connectivity index (χ4n) is 3.97. The molecule has 0 spiro atoms. The van der Waals surface area contributed by atoms with Gasteiger partial charge < -0.3 is 54.7 Å². The summed E-state index contributed by atoms with van der Waals surface area (Å²) >= 11 is 0. The summed E-state index contributed by atoms with van der Waals surface area (Å²) in [5.41, 5.74) is 0.242. The summed E-state index contributed by atoms with van der Waals surface area (Å²) in [6, 6.07) is 12.7. The second-order valence-electron chi connectivity index (χ2n) is 9.32. The van der Waals surface area contributed by atoms with E-state index < -0.39 is 49.3 Å². The van der Waals surface area contributed by atoms with Gasteiger partial charge in [-0.25, -0.2) is 9.59 Å². The van der Waals surface area contributed by atoms with Gasteiger partial charge in [0.05, 0.1) is 0 Å². The molecule has 3 aromatic rings. The van der Waals surface area contributed by atoms with E-state index in [4.69, 9.17) is 18.9 Å². The Labute approximate surface area is 244 Å². The van der Waals surface area contributed by atoms with Crippen molar-refractivity contribution < 1.29 is 64.3 Å². The Bertz CT molecular complexity index is 1500. The summed E-state index contributed by atoms with van der Waals surface area (Å²) < 4.78 is 21.9. The molecule has 0 radical (unpaired) electrons. The van der Waals surface area contributed by atoms with E-state index in [1.165, 1.54) is 66.7 Å². The Morgan fingerprint density at radius 2 is 1.26 bits per heavy atom. The Morgan fingerprint density at radius 3 is 1.84 bits per heavy atom. The first kappa shape index (κ1) is 30.7. The number of aliphatic hydroxyl groups is 2. The zero-order valence-electron chi connectivity index (χ0n) is 22.3. The van der Waals surface area contributed by atoms with Gasteiger partial charge >= 0.3 is 11.9 Å². The summed E-state index contributed by atoms with van der Waals surface area (Å²) in [5.74, 6) is -2.57. The smallest absolute Gasteiger partial charge is 0.331 e. The minimum atomic E-state index is -1.79. The number of phenolic OH excluding ortho intramolecular Hbond substituents is 5. The van der Waals surface area contributed by atoms with Crippen molar-refractivity contribution in [3.8, 4) is 34.5 Å².